The van der Waals surface area contributed by atoms with Crippen LogP contribution in [0.25, 0.3) is 5.65 Å². The minimum absolute atomic E-state index is 0.00393. The van der Waals surface area contributed by atoms with Crippen molar-refractivity contribution in [2.45, 2.75) is 19.7 Å². The zero-order valence-electron chi connectivity index (χ0n) is 18.2. The molecule has 36 heavy (non-hydrogen) atoms. The number of imidazole rings is 1. The van der Waals surface area contributed by atoms with E-state index in [2.05, 4.69) is 15.0 Å². The van der Waals surface area contributed by atoms with E-state index in [-0.39, 0.29) is 46.5 Å². The number of hydrogen-bond donors (Lipinski definition) is 2. The fourth-order valence-corrected chi connectivity index (χ4v) is 3.19. The van der Waals surface area contributed by atoms with Gasteiger partial charge in [0.2, 0.25) is 0 Å². The topological polar surface area (TPSA) is 111 Å². The lowest BCUT2D eigenvalue weighted by Gasteiger charge is -2.11. The molecule has 192 valence electrons. The number of nitrogens with zero attached hydrogens (tertiary/aromatic N) is 2. The average Bonchev–Trinajstić information content (AvgIpc) is 3.11. The maximum absolute atomic E-state index is 13.9. The molecule has 0 aliphatic carbocycles. The Bertz CT molecular complexity index is 1310. The second-order valence-electron chi connectivity index (χ2n) is 7.11. The number of halogens is 6. The number of pyridine rings is 1. The van der Waals surface area contributed by atoms with E-state index in [1.807, 2.05) is 5.32 Å². The first-order valence-corrected chi connectivity index (χ1v) is 10.3. The van der Waals surface area contributed by atoms with Gasteiger partial charge in [0.15, 0.2) is 11.4 Å². The van der Waals surface area contributed by atoms with Crippen LogP contribution in [0.4, 0.5) is 26.7 Å². The summed E-state index contributed by atoms with van der Waals surface area (Å²) in [6.45, 7) is 0.390. The van der Waals surface area contributed by atoms with Gasteiger partial charge in [-0.05, 0) is 19.1 Å². The molecule has 0 bridgehead atoms. The normalized spacial score (nSPS) is 11.3. The van der Waals surface area contributed by atoms with Crippen molar-refractivity contribution in [2.75, 3.05) is 13.1 Å². The molecule has 2 amide bonds. The van der Waals surface area contributed by atoms with Crippen LogP contribution in [0.5, 0.6) is 5.75 Å². The van der Waals surface area contributed by atoms with Gasteiger partial charge in [0.05, 0.1) is 16.3 Å². The summed E-state index contributed by atoms with van der Waals surface area (Å²) in [5.41, 5.74) is 0.0232. The molecule has 0 spiro atoms. The highest BCUT2D eigenvalue weighted by molar-refractivity contribution is 6.30. The predicted molar refractivity (Wildman–Crippen MR) is 114 cm³/mol. The first-order valence-electron chi connectivity index (χ1n) is 9.97. The third kappa shape index (κ3) is 6.19. The van der Waals surface area contributed by atoms with Gasteiger partial charge in [-0.3, -0.25) is 9.20 Å². The molecule has 0 fully saturated rings. The highest BCUT2D eigenvalue weighted by Crippen LogP contribution is 2.28. The summed E-state index contributed by atoms with van der Waals surface area (Å²) in [7, 11) is 0. The predicted octanol–water partition coefficient (Wildman–Crippen LogP) is 3.70. The third-order valence-corrected chi connectivity index (χ3v) is 4.78. The number of alkyl carbamates (subject to hydrolysis) is 1. The van der Waals surface area contributed by atoms with Crippen molar-refractivity contribution in [3.05, 3.63) is 64.1 Å². The van der Waals surface area contributed by atoms with Crippen molar-refractivity contribution in [1.82, 2.24) is 20.0 Å². The number of rotatable bonds is 7. The van der Waals surface area contributed by atoms with Crippen molar-refractivity contribution in [3.63, 3.8) is 0 Å². The molecule has 0 saturated heterocycles. The van der Waals surface area contributed by atoms with Crippen LogP contribution in [0.3, 0.4) is 0 Å². The third-order valence-electron chi connectivity index (χ3n) is 4.57. The molecular weight excluding hydrogens is 519 g/mol. The van der Waals surface area contributed by atoms with Crippen LogP contribution in [0.1, 0.15) is 21.7 Å². The van der Waals surface area contributed by atoms with E-state index >= 15 is 0 Å². The van der Waals surface area contributed by atoms with E-state index in [0.29, 0.717) is 0 Å². The number of ether oxygens (including phenoxy) is 2. The number of carbonyl (C=O) groups is 3. The molecule has 0 saturated carbocycles. The van der Waals surface area contributed by atoms with E-state index < -0.39 is 42.4 Å². The Balaban J connectivity index is 1.68. The Morgan fingerprint density at radius 1 is 1.11 bits per heavy atom. The van der Waals surface area contributed by atoms with E-state index in [9.17, 15) is 36.3 Å². The molecule has 0 unspecified atom stereocenters. The lowest BCUT2D eigenvalue weighted by molar-refractivity contribution is -0.192. The number of hydrogen-bond acceptors (Lipinski definition) is 6. The van der Waals surface area contributed by atoms with Crippen LogP contribution in [0.15, 0.2) is 30.5 Å². The highest BCUT2D eigenvalue weighted by atomic mass is 35.5. The minimum atomic E-state index is -5.33. The second-order valence-corrected chi connectivity index (χ2v) is 7.54. The largest absolute Gasteiger partial charge is 0.491 e. The first kappa shape index (κ1) is 26.7. The van der Waals surface area contributed by atoms with Crippen LogP contribution in [-0.2, 0) is 16.1 Å². The van der Waals surface area contributed by atoms with Crippen molar-refractivity contribution in [1.29, 1.82) is 0 Å². The van der Waals surface area contributed by atoms with Gasteiger partial charge < -0.3 is 20.1 Å². The monoisotopic (exact) mass is 534 g/mol. The van der Waals surface area contributed by atoms with Crippen molar-refractivity contribution in [2.24, 2.45) is 0 Å². The average molecular weight is 535 g/mol. The number of amides is 2. The zero-order valence-corrected chi connectivity index (χ0v) is 19.0. The number of alkyl halides is 3. The molecule has 9 nitrogen and oxygen atoms in total. The van der Waals surface area contributed by atoms with Crippen molar-refractivity contribution in [3.8, 4) is 5.75 Å². The van der Waals surface area contributed by atoms with Gasteiger partial charge in [0.1, 0.15) is 23.9 Å². The van der Waals surface area contributed by atoms with E-state index in [1.165, 1.54) is 29.7 Å². The maximum atomic E-state index is 13.9. The number of fused-ring (bicyclic) bond motifs is 1. The fraction of sp³-hybridized carbons (Fsp3) is 0.238. The molecule has 2 N–H and O–H groups in total. The Morgan fingerprint density at radius 2 is 1.75 bits per heavy atom. The van der Waals surface area contributed by atoms with E-state index in [0.717, 1.165) is 12.1 Å². The molecule has 0 aliphatic rings. The summed E-state index contributed by atoms with van der Waals surface area (Å²) < 4.78 is 74.4. The van der Waals surface area contributed by atoms with Gasteiger partial charge in [-0.15, -0.1) is 0 Å². The number of esters is 1. The maximum Gasteiger partial charge on any atom is 0.491 e. The van der Waals surface area contributed by atoms with Crippen LogP contribution in [0, 0.1) is 18.6 Å². The van der Waals surface area contributed by atoms with Crippen LogP contribution in [-0.4, -0.2) is 46.6 Å². The van der Waals surface area contributed by atoms with Gasteiger partial charge in [-0.25, -0.2) is 23.4 Å². The molecule has 0 aliphatic heterocycles. The van der Waals surface area contributed by atoms with Crippen LogP contribution < -0.4 is 15.4 Å². The van der Waals surface area contributed by atoms with Gasteiger partial charge in [-0.2, -0.15) is 13.2 Å². The number of aromatic nitrogens is 2. The zero-order chi connectivity index (χ0) is 26.6. The number of carbonyl (C=O) groups excluding carboxylic acids is 3. The minimum Gasteiger partial charge on any atom is -0.485 e. The molecule has 0 atom stereocenters. The number of benzene rings is 1. The summed E-state index contributed by atoms with van der Waals surface area (Å²) >= 11 is 6.11. The summed E-state index contributed by atoms with van der Waals surface area (Å²) in [5.74, 6) is -4.97. The van der Waals surface area contributed by atoms with Crippen LogP contribution >= 0.6 is 11.6 Å². The standard InChI is InChI=1S/C21H16ClF5N4O5/c1-10-16(18(32)28-5-6-29-20(34)36-19(33)21(25,26)27)31-8-11(22)7-15(17(31)30-10)35-9-12-13(23)3-2-4-14(12)24/h2-4,7-8H,5-6,9H2,1H3,(H,28,32)(H,29,34). The van der Waals surface area contributed by atoms with Gasteiger partial charge in [0.25, 0.3) is 5.91 Å². The van der Waals surface area contributed by atoms with Crippen molar-refractivity contribution < 1.29 is 45.8 Å². The summed E-state index contributed by atoms with van der Waals surface area (Å²) in [6.07, 6.45) is -5.63. The molecular formula is C21H16ClF5N4O5. The molecule has 2 aromatic heterocycles. The van der Waals surface area contributed by atoms with Gasteiger partial charge >= 0.3 is 18.2 Å². The second kappa shape index (κ2) is 10.8. The Morgan fingerprint density at radius 3 is 2.39 bits per heavy atom. The van der Waals surface area contributed by atoms with Crippen LogP contribution in [0.2, 0.25) is 5.02 Å². The molecule has 0 radical (unpaired) electrons. The Kier molecular flexibility index (Phi) is 7.97. The lowest BCUT2D eigenvalue weighted by atomic mass is 10.2. The highest BCUT2D eigenvalue weighted by Gasteiger charge is 2.42. The Labute approximate surface area is 204 Å². The number of aryl methyl sites for hydroxylation is 1. The first-order chi connectivity index (χ1) is 16.9. The smallest absolute Gasteiger partial charge is 0.485 e. The van der Waals surface area contributed by atoms with Gasteiger partial charge in [0, 0.05) is 25.4 Å². The fourth-order valence-electron chi connectivity index (χ4n) is 3.00. The Hall–Kier alpha value is -3.94. The summed E-state index contributed by atoms with van der Waals surface area (Å²) in [6, 6.07) is 4.69. The number of nitrogens with one attached hydrogen (secondary N) is 2. The summed E-state index contributed by atoms with van der Waals surface area (Å²) in [5, 5.41) is 4.39. The van der Waals surface area contributed by atoms with Gasteiger partial charge in [-0.1, -0.05) is 17.7 Å². The quantitative estimate of drug-likeness (QED) is 0.207. The van der Waals surface area contributed by atoms with E-state index in [1.54, 1.807) is 0 Å². The molecule has 15 heteroatoms. The molecule has 3 rings (SSSR count). The van der Waals surface area contributed by atoms with Crippen molar-refractivity contribution >= 4 is 35.2 Å². The van der Waals surface area contributed by atoms with E-state index in [4.69, 9.17) is 16.3 Å². The summed E-state index contributed by atoms with van der Waals surface area (Å²) in [4.78, 5) is 38.8. The SMILES string of the molecule is Cc1nc2c(OCc3c(F)cccc3F)cc(Cl)cn2c1C(=O)NCCNC(=O)OC(=O)C(F)(F)F. The molecule has 3 aromatic rings. The lowest BCUT2D eigenvalue weighted by Crippen LogP contribution is -2.38. The molecule has 1 aromatic carbocycles. The molecule has 2 heterocycles.